The normalized spacial score (nSPS) is 17.7. The molecule has 6 heterocycles. The molecule has 0 unspecified atom stereocenters. The van der Waals surface area contributed by atoms with Gasteiger partial charge < -0.3 is 9.88 Å². The van der Waals surface area contributed by atoms with Gasteiger partial charge in [0.15, 0.2) is 17.3 Å². The molecule has 5 aromatic heterocycles. The van der Waals surface area contributed by atoms with Crippen LogP contribution in [-0.4, -0.2) is 51.6 Å². The Hall–Kier alpha value is -3.93. The predicted molar refractivity (Wildman–Crippen MR) is 119 cm³/mol. The van der Waals surface area contributed by atoms with Crippen molar-refractivity contribution in [1.29, 1.82) is 0 Å². The smallest absolute Gasteiger partial charge is 0.279 e. The van der Waals surface area contributed by atoms with Gasteiger partial charge in [0.25, 0.3) is 11.5 Å². The van der Waals surface area contributed by atoms with Gasteiger partial charge in [-0.2, -0.15) is 5.10 Å². The van der Waals surface area contributed by atoms with Crippen LogP contribution in [0.2, 0.25) is 5.02 Å². The second kappa shape index (κ2) is 7.55. The molecule has 34 heavy (non-hydrogen) atoms. The molecule has 0 spiro atoms. The minimum Gasteiger partial charge on any atom is -0.338 e. The van der Waals surface area contributed by atoms with Crippen LogP contribution in [0.5, 0.6) is 0 Å². The van der Waals surface area contributed by atoms with Crippen LogP contribution in [0.4, 0.5) is 14.6 Å². The largest absolute Gasteiger partial charge is 0.338 e. The molecule has 10 nitrogen and oxygen atoms in total. The van der Waals surface area contributed by atoms with E-state index in [-0.39, 0.29) is 28.7 Å². The summed E-state index contributed by atoms with van der Waals surface area (Å²) in [6.45, 7) is -0.571. The first-order chi connectivity index (χ1) is 16.4. The zero-order valence-corrected chi connectivity index (χ0v) is 18.2. The Kier molecular flexibility index (Phi) is 4.59. The van der Waals surface area contributed by atoms with Gasteiger partial charge in [0, 0.05) is 18.8 Å². The number of hydrogen-bond acceptors (Lipinski definition) is 7. The average molecular weight is 484 g/mol. The van der Waals surface area contributed by atoms with E-state index in [0.717, 1.165) is 0 Å². The van der Waals surface area contributed by atoms with Crippen LogP contribution in [0.3, 0.4) is 0 Å². The molecule has 0 saturated carbocycles. The Bertz CT molecular complexity index is 1580. The van der Waals surface area contributed by atoms with Crippen molar-refractivity contribution in [1.82, 2.24) is 39.1 Å². The van der Waals surface area contributed by atoms with Gasteiger partial charge in [0.2, 0.25) is 0 Å². The molecule has 1 N–H and O–H groups in total. The first-order valence-corrected chi connectivity index (χ1v) is 10.8. The zero-order valence-electron chi connectivity index (χ0n) is 17.4. The van der Waals surface area contributed by atoms with Crippen molar-refractivity contribution in [3.05, 3.63) is 76.2 Å². The van der Waals surface area contributed by atoms with Crippen LogP contribution in [0, 0.1) is 0 Å². The second-order valence-electron chi connectivity index (χ2n) is 8.03. The highest BCUT2D eigenvalue weighted by Gasteiger charge is 2.48. The number of aromatic amines is 1. The van der Waals surface area contributed by atoms with Gasteiger partial charge in [-0.05, 0) is 18.2 Å². The summed E-state index contributed by atoms with van der Waals surface area (Å²) in [6.07, 6.45) is 5.28. The van der Waals surface area contributed by atoms with E-state index in [9.17, 15) is 13.6 Å². The molecule has 1 fully saturated rings. The molecule has 6 rings (SSSR count). The lowest BCUT2D eigenvalue weighted by Gasteiger charge is -2.26. The van der Waals surface area contributed by atoms with Gasteiger partial charge in [-0.3, -0.25) is 14.3 Å². The Morgan fingerprint density at radius 3 is 2.88 bits per heavy atom. The number of nitrogens with zero attached hydrogens (tertiary/aromatic N) is 8. The van der Waals surface area contributed by atoms with Gasteiger partial charge in [-0.15, -0.1) is 0 Å². The maximum Gasteiger partial charge on any atom is 0.279 e. The highest BCUT2D eigenvalue weighted by Crippen LogP contribution is 2.43. The van der Waals surface area contributed by atoms with Gasteiger partial charge in [0.1, 0.15) is 17.4 Å². The van der Waals surface area contributed by atoms with Crippen molar-refractivity contribution in [3.63, 3.8) is 0 Å². The van der Waals surface area contributed by atoms with Gasteiger partial charge in [0.05, 0.1) is 36.2 Å². The van der Waals surface area contributed by atoms with E-state index in [1.165, 1.54) is 32.8 Å². The minimum absolute atomic E-state index is 0.0392. The van der Waals surface area contributed by atoms with E-state index in [2.05, 4.69) is 30.0 Å². The van der Waals surface area contributed by atoms with Crippen LogP contribution < -0.4 is 10.5 Å². The number of rotatable bonds is 4. The monoisotopic (exact) mass is 483 g/mol. The van der Waals surface area contributed by atoms with Crippen molar-refractivity contribution in [2.24, 2.45) is 0 Å². The van der Waals surface area contributed by atoms with E-state index in [1.54, 1.807) is 30.5 Å². The summed E-state index contributed by atoms with van der Waals surface area (Å²) in [5.74, 6) is -2.66. The fraction of sp³-hybridized carbons (Fsp3) is 0.238. The molecule has 0 aliphatic carbocycles. The Balaban J connectivity index is 1.57. The molecule has 0 amide bonds. The van der Waals surface area contributed by atoms with Crippen molar-refractivity contribution < 1.29 is 8.78 Å². The third kappa shape index (κ3) is 3.29. The molecule has 1 aliphatic rings. The summed E-state index contributed by atoms with van der Waals surface area (Å²) in [4.78, 5) is 34.6. The van der Waals surface area contributed by atoms with Crippen molar-refractivity contribution in [2.45, 2.75) is 24.9 Å². The van der Waals surface area contributed by atoms with Crippen molar-refractivity contribution in [2.75, 3.05) is 11.4 Å². The van der Waals surface area contributed by atoms with Crippen LogP contribution >= 0.6 is 11.6 Å². The lowest BCUT2D eigenvalue weighted by Crippen LogP contribution is -2.34. The van der Waals surface area contributed by atoms with Crippen molar-refractivity contribution in [3.8, 4) is 0 Å². The number of pyridine rings is 1. The molecule has 172 valence electrons. The molecular formula is C21H16ClF2N9O. The van der Waals surface area contributed by atoms with E-state index in [4.69, 9.17) is 11.6 Å². The second-order valence-corrected chi connectivity index (χ2v) is 8.44. The summed E-state index contributed by atoms with van der Waals surface area (Å²) in [5.41, 5.74) is 1.06. The maximum absolute atomic E-state index is 14.9. The fourth-order valence-electron chi connectivity index (χ4n) is 4.36. The van der Waals surface area contributed by atoms with Gasteiger partial charge >= 0.3 is 0 Å². The molecule has 5 aromatic rings. The number of nitrogens with one attached hydrogen (secondary N) is 1. The van der Waals surface area contributed by atoms with Gasteiger partial charge in [-0.1, -0.05) is 17.7 Å². The first-order valence-electron chi connectivity index (χ1n) is 10.4. The number of anilines is 1. The van der Waals surface area contributed by atoms with Crippen LogP contribution in [0.15, 0.2) is 54.1 Å². The quantitative estimate of drug-likeness (QED) is 0.418. The standard InChI is InChI=1S/C21H16ClF2N9O/c22-13-4-6-33-16(13)20(34)31(8-12-3-1-2-5-25-12)18(30-33)14-7-21(23,24)9-32(14)19-15-17(27-10-26-15)28-11-29-19/h1-6,10-11,14H,7-9H2,(H,26,27,28,29)/t14-/m0/s1. The average Bonchev–Trinajstić information content (AvgIpc) is 3.53. The Morgan fingerprint density at radius 2 is 2.06 bits per heavy atom. The van der Waals surface area contributed by atoms with Crippen molar-refractivity contribution >= 4 is 34.1 Å². The molecule has 1 aliphatic heterocycles. The zero-order chi connectivity index (χ0) is 23.4. The maximum atomic E-state index is 14.9. The summed E-state index contributed by atoms with van der Waals surface area (Å²) in [7, 11) is 0. The number of halogens is 3. The SMILES string of the molecule is O=c1c2c(Cl)ccn2nc([C@@H]2CC(F)(F)CN2c2ncnc3[nH]cnc23)n1Cc1ccccn1. The molecule has 13 heteroatoms. The molecule has 0 radical (unpaired) electrons. The topological polar surface area (TPSA) is 110 Å². The third-order valence-electron chi connectivity index (χ3n) is 5.84. The van der Waals surface area contributed by atoms with E-state index < -0.39 is 30.5 Å². The lowest BCUT2D eigenvalue weighted by atomic mass is 10.1. The summed E-state index contributed by atoms with van der Waals surface area (Å²) in [5, 5.41) is 4.79. The number of alkyl halides is 2. The number of fused-ring (bicyclic) bond motifs is 2. The Morgan fingerprint density at radius 1 is 1.18 bits per heavy atom. The molecule has 0 bridgehead atoms. The first kappa shape index (κ1) is 20.7. The summed E-state index contributed by atoms with van der Waals surface area (Å²) < 4.78 is 32.4. The highest BCUT2D eigenvalue weighted by atomic mass is 35.5. The van der Waals surface area contributed by atoms with E-state index in [0.29, 0.717) is 16.9 Å². The number of hydrogen-bond donors (Lipinski definition) is 1. The fourth-order valence-corrected chi connectivity index (χ4v) is 4.59. The molecular weight excluding hydrogens is 468 g/mol. The van der Waals surface area contributed by atoms with Crippen LogP contribution in [-0.2, 0) is 6.54 Å². The number of aromatic nitrogens is 8. The predicted octanol–water partition coefficient (Wildman–Crippen LogP) is 2.85. The van der Waals surface area contributed by atoms with Gasteiger partial charge in [-0.25, -0.2) is 28.2 Å². The molecule has 0 aromatic carbocycles. The summed E-state index contributed by atoms with van der Waals surface area (Å²) >= 11 is 6.24. The number of imidazole rings is 1. The lowest BCUT2D eigenvalue weighted by molar-refractivity contribution is 0.0218. The molecule has 1 saturated heterocycles. The third-order valence-corrected chi connectivity index (χ3v) is 6.14. The Labute approximate surface area is 194 Å². The summed E-state index contributed by atoms with van der Waals surface area (Å²) in [6, 6.07) is 5.86. The highest BCUT2D eigenvalue weighted by molar-refractivity contribution is 6.33. The van der Waals surface area contributed by atoms with Crippen LogP contribution in [0.1, 0.15) is 24.0 Å². The number of H-pyrrole nitrogens is 1. The minimum atomic E-state index is -3.05. The van der Waals surface area contributed by atoms with Crippen LogP contribution in [0.25, 0.3) is 16.7 Å². The van der Waals surface area contributed by atoms with E-state index >= 15 is 0 Å². The van der Waals surface area contributed by atoms with E-state index in [1.807, 2.05) is 0 Å². The molecule has 1 atom stereocenters.